The predicted octanol–water partition coefficient (Wildman–Crippen LogP) is 2.89. The first-order valence-electron chi connectivity index (χ1n) is 10.2. The van der Waals surface area contributed by atoms with Gasteiger partial charge in [-0.3, -0.25) is 4.79 Å². The van der Waals surface area contributed by atoms with E-state index in [0.717, 1.165) is 40.1 Å². The summed E-state index contributed by atoms with van der Waals surface area (Å²) in [7, 11) is 1.65. The number of aliphatic hydroxyl groups is 1. The van der Waals surface area contributed by atoms with Crippen molar-refractivity contribution in [3.63, 3.8) is 0 Å². The minimum absolute atomic E-state index is 0.0385. The van der Waals surface area contributed by atoms with E-state index in [4.69, 9.17) is 15.2 Å². The molecule has 1 atom stereocenters. The van der Waals surface area contributed by atoms with E-state index in [2.05, 4.69) is 11.5 Å². The van der Waals surface area contributed by atoms with Crippen molar-refractivity contribution in [1.29, 1.82) is 0 Å². The molecule has 1 aliphatic rings. The highest BCUT2D eigenvalue weighted by molar-refractivity contribution is 6.01. The minimum atomic E-state index is -0.427. The van der Waals surface area contributed by atoms with Gasteiger partial charge in [0.05, 0.1) is 30.1 Å². The average molecular weight is 409 g/mol. The van der Waals surface area contributed by atoms with Crippen LogP contribution < -0.4 is 15.2 Å². The van der Waals surface area contributed by atoms with Gasteiger partial charge < -0.3 is 29.8 Å². The number of hydrogen-bond acceptors (Lipinski definition) is 5. The second-order valence-electron chi connectivity index (χ2n) is 7.48. The first kappa shape index (κ1) is 20.1. The molecule has 3 N–H and O–H groups in total. The third-order valence-corrected chi connectivity index (χ3v) is 5.63. The molecule has 3 aromatic rings. The third kappa shape index (κ3) is 3.68. The molecule has 158 valence electrons. The number of amides is 1. The van der Waals surface area contributed by atoms with Gasteiger partial charge in [-0.2, -0.15) is 0 Å². The first-order chi connectivity index (χ1) is 14.5. The van der Waals surface area contributed by atoms with Crippen LogP contribution >= 0.6 is 0 Å². The standard InChI is InChI=1S/C23H27N3O4/c1-3-26-20-12-18(29-2)8-9-19(20)22(24)23(26)15-4-6-17(7-5-15)30-14-21(28)25-11-10-16(27)13-25/h4-9,12,16,27H,3,10-11,13-14,24H2,1-2H3/t16-/m0/s1. The number of nitrogen functional groups attached to an aromatic ring is 1. The Hall–Kier alpha value is -3.19. The van der Waals surface area contributed by atoms with E-state index in [1.165, 1.54) is 0 Å². The van der Waals surface area contributed by atoms with Gasteiger partial charge in [0.15, 0.2) is 6.61 Å². The van der Waals surface area contributed by atoms with E-state index < -0.39 is 6.10 Å². The second-order valence-corrected chi connectivity index (χ2v) is 7.48. The minimum Gasteiger partial charge on any atom is -0.497 e. The van der Waals surface area contributed by atoms with Crippen LogP contribution in [0.4, 0.5) is 5.69 Å². The number of carbonyl (C=O) groups excluding carboxylic acids is 1. The summed E-state index contributed by atoms with van der Waals surface area (Å²) in [4.78, 5) is 13.8. The van der Waals surface area contributed by atoms with Gasteiger partial charge >= 0.3 is 0 Å². The molecule has 0 aliphatic carbocycles. The quantitative estimate of drug-likeness (QED) is 0.653. The zero-order valence-corrected chi connectivity index (χ0v) is 17.3. The fourth-order valence-electron chi connectivity index (χ4n) is 4.04. The third-order valence-electron chi connectivity index (χ3n) is 5.63. The number of nitrogens with zero attached hydrogens (tertiary/aromatic N) is 2. The Labute approximate surface area is 175 Å². The van der Waals surface area contributed by atoms with Crippen LogP contribution in [0.25, 0.3) is 22.2 Å². The van der Waals surface area contributed by atoms with Crippen molar-refractivity contribution in [3.05, 3.63) is 42.5 Å². The van der Waals surface area contributed by atoms with E-state index in [-0.39, 0.29) is 12.5 Å². The number of hydrogen-bond donors (Lipinski definition) is 2. The Kier molecular flexibility index (Phi) is 5.55. The number of aromatic nitrogens is 1. The fourth-order valence-corrected chi connectivity index (χ4v) is 4.04. The molecule has 1 aliphatic heterocycles. The molecule has 1 amide bonds. The molecule has 0 bridgehead atoms. The Morgan fingerprint density at radius 3 is 2.57 bits per heavy atom. The lowest BCUT2D eigenvalue weighted by Gasteiger charge is -2.16. The van der Waals surface area contributed by atoms with E-state index in [1.54, 1.807) is 12.0 Å². The highest BCUT2D eigenvalue weighted by Gasteiger charge is 2.24. The number of anilines is 1. The smallest absolute Gasteiger partial charge is 0.260 e. The lowest BCUT2D eigenvalue weighted by atomic mass is 10.1. The molecule has 30 heavy (non-hydrogen) atoms. The molecule has 1 aromatic heterocycles. The van der Waals surface area contributed by atoms with Gasteiger partial charge in [-0.05, 0) is 49.7 Å². The largest absolute Gasteiger partial charge is 0.497 e. The Bertz CT molecular complexity index is 1060. The second kappa shape index (κ2) is 8.28. The summed E-state index contributed by atoms with van der Waals surface area (Å²) in [6, 6.07) is 13.5. The van der Waals surface area contributed by atoms with Gasteiger partial charge in [-0.1, -0.05) is 0 Å². The predicted molar refractivity (Wildman–Crippen MR) is 117 cm³/mol. The maximum Gasteiger partial charge on any atom is 0.260 e. The summed E-state index contributed by atoms with van der Waals surface area (Å²) < 4.78 is 13.2. The number of fused-ring (bicyclic) bond motifs is 1. The van der Waals surface area contributed by atoms with Crippen LogP contribution in [0.2, 0.25) is 0 Å². The van der Waals surface area contributed by atoms with Crippen molar-refractivity contribution in [1.82, 2.24) is 9.47 Å². The molecule has 0 unspecified atom stereocenters. The molecule has 1 saturated heterocycles. The van der Waals surface area contributed by atoms with Crippen LogP contribution in [0, 0.1) is 0 Å². The zero-order chi connectivity index (χ0) is 21.3. The number of methoxy groups -OCH3 is 1. The fraction of sp³-hybridized carbons (Fsp3) is 0.348. The highest BCUT2D eigenvalue weighted by Crippen LogP contribution is 2.38. The summed E-state index contributed by atoms with van der Waals surface area (Å²) >= 11 is 0. The van der Waals surface area contributed by atoms with Gasteiger partial charge in [-0.15, -0.1) is 0 Å². The number of aryl methyl sites for hydroxylation is 1. The normalized spacial score (nSPS) is 16.2. The molecular weight excluding hydrogens is 382 g/mol. The summed E-state index contributed by atoms with van der Waals surface area (Å²) in [6.07, 6.45) is 0.197. The summed E-state index contributed by atoms with van der Waals surface area (Å²) in [5, 5.41) is 10.6. The van der Waals surface area contributed by atoms with Crippen LogP contribution in [0.3, 0.4) is 0 Å². The molecule has 7 nitrogen and oxygen atoms in total. The highest BCUT2D eigenvalue weighted by atomic mass is 16.5. The number of nitrogens with two attached hydrogens (primary N) is 1. The summed E-state index contributed by atoms with van der Waals surface area (Å²) in [5.74, 6) is 1.30. The number of rotatable bonds is 6. The molecular formula is C23H27N3O4. The van der Waals surface area contributed by atoms with Crippen molar-refractivity contribution in [2.45, 2.75) is 26.0 Å². The lowest BCUT2D eigenvalue weighted by Crippen LogP contribution is -2.33. The van der Waals surface area contributed by atoms with Crippen molar-refractivity contribution in [3.8, 4) is 22.8 Å². The van der Waals surface area contributed by atoms with Crippen molar-refractivity contribution < 1.29 is 19.4 Å². The molecule has 0 spiro atoms. The SMILES string of the molecule is CCn1c(-c2ccc(OCC(=O)N3CC[C@H](O)C3)cc2)c(N)c2ccc(OC)cc21. The Morgan fingerprint density at radius 2 is 1.93 bits per heavy atom. The van der Waals surface area contributed by atoms with E-state index in [0.29, 0.717) is 25.3 Å². The van der Waals surface area contributed by atoms with E-state index >= 15 is 0 Å². The number of carbonyl (C=O) groups is 1. The summed E-state index contributed by atoms with van der Waals surface area (Å²) in [6.45, 7) is 3.77. The average Bonchev–Trinajstić information content (AvgIpc) is 3.33. The van der Waals surface area contributed by atoms with Gasteiger partial charge in [-0.25, -0.2) is 0 Å². The van der Waals surface area contributed by atoms with Crippen molar-refractivity contribution in [2.75, 3.05) is 32.5 Å². The Morgan fingerprint density at radius 1 is 1.20 bits per heavy atom. The molecule has 1 fully saturated rings. The van der Waals surface area contributed by atoms with E-state index in [9.17, 15) is 9.90 Å². The Balaban J connectivity index is 1.54. The number of likely N-dealkylation sites (tertiary alicyclic amines) is 1. The number of aliphatic hydroxyl groups excluding tert-OH is 1. The molecule has 7 heteroatoms. The summed E-state index contributed by atoms with van der Waals surface area (Å²) in [5.41, 5.74) is 10.2. The van der Waals surface area contributed by atoms with Gasteiger partial charge in [0.25, 0.3) is 5.91 Å². The van der Waals surface area contributed by atoms with Crippen molar-refractivity contribution in [2.24, 2.45) is 0 Å². The number of ether oxygens (including phenoxy) is 2. The van der Waals surface area contributed by atoms with Crippen LogP contribution in [0.1, 0.15) is 13.3 Å². The zero-order valence-electron chi connectivity index (χ0n) is 17.3. The lowest BCUT2D eigenvalue weighted by molar-refractivity contribution is -0.132. The molecule has 2 aromatic carbocycles. The van der Waals surface area contributed by atoms with Gasteiger partial charge in [0.1, 0.15) is 11.5 Å². The molecule has 2 heterocycles. The van der Waals surface area contributed by atoms with Crippen LogP contribution in [0.15, 0.2) is 42.5 Å². The topological polar surface area (TPSA) is 90.0 Å². The van der Waals surface area contributed by atoms with Crippen LogP contribution in [-0.2, 0) is 11.3 Å². The van der Waals surface area contributed by atoms with Crippen LogP contribution in [0.5, 0.6) is 11.5 Å². The van der Waals surface area contributed by atoms with Gasteiger partial charge in [0, 0.05) is 36.7 Å². The molecule has 4 rings (SSSR count). The molecule has 0 radical (unpaired) electrons. The maximum absolute atomic E-state index is 12.2. The first-order valence-corrected chi connectivity index (χ1v) is 10.2. The van der Waals surface area contributed by atoms with Crippen molar-refractivity contribution >= 4 is 22.5 Å². The maximum atomic E-state index is 12.2. The monoisotopic (exact) mass is 409 g/mol. The van der Waals surface area contributed by atoms with Gasteiger partial charge in [0.2, 0.25) is 0 Å². The number of benzene rings is 2. The van der Waals surface area contributed by atoms with Crippen LogP contribution in [-0.4, -0.2) is 53.4 Å². The molecule has 0 saturated carbocycles. The number of β-amino-alcohol motifs (C(OH)–C–C–N with tert-alkyl or cyclic N) is 1. The van der Waals surface area contributed by atoms with E-state index in [1.807, 2.05) is 42.5 Å².